The molecule has 2 aromatic heterocycles. The van der Waals surface area contributed by atoms with E-state index in [9.17, 15) is 20.0 Å². The average Bonchev–Trinajstić information content (AvgIpc) is 3.14. The summed E-state index contributed by atoms with van der Waals surface area (Å²) in [5, 5.41) is 21.1. The Balaban J connectivity index is 2.23. The third-order valence-corrected chi connectivity index (χ3v) is 5.36. The zero-order chi connectivity index (χ0) is 20.0. The van der Waals surface area contributed by atoms with Crippen LogP contribution < -0.4 is 5.73 Å². The second kappa shape index (κ2) is 6.95. The summed E-state index contributed by atoms with van der Waals surface area (Å²) in [5.74, 6) is -2.16. The number of aliphatic hydroxyl groups excluding tert-OH is 1. The molecule has 0 amide bonds. The first-order chi connectivity index (χ1) is 12.6. The number of fused-ring (bicyclic) bond motifs is 1. The van der Waals surface area contributed by atoms with Gasteiger partial charge in [0.05, 0.1) is 12.9 Å². The molecular weight excluding hydrogens is 401 g/mol. The number of anilines is 1. The number of hydrogen-bond acceptors (Lipinski definition) is 10. The fourth-order valence-corrected chi connectivity index (χ4v) is 4.27. The molecule has 3 heterocycles. The van der Waals surface area contributed by atoms with Gasteiger partial charge in [-0.2, -0.15) is 0 Å². The number of methoxy groups -OCH3 is 1. The third-order valence-electron chi connectivity index (χ3n) is 4.60. The van der Waals surface area contributed by atoms with Crippen molar-refractivity contribution in [2.45, 2.75) is 37.1 Å². The molecule has 4 atom stereocenters. The van der Waals surface area contributed by atoms with Gasteiger partial charge >= 0.3 is 6.72 Å². The van der Waals surface area contributed by atoms with E-state index in [1.807, 2.05) is 0 Å². The molecule has 2 aromatic rings. The Morgan fingerprint density at radius 1 is 1.41 bits per heavy atom. The van der Waals surface area contributed by atoms with Gasteiger partial charge in [-0.1, -0.05) is 6.92 Å². The number of nitrogen functional groups attached to an aromatic ring is 1. The Labute approximate surface area is 158 Å². The standard InChI is InChI=1S/C13H20N5O7PS/c1-3-12(18-6-17-8-10(14)15-5-16-11(8)18)13(20,23-2)9(7(4-19)24-12)25-26(21,22)27/h5-7,9,19-20H,3-4H2,1-2H3,(H2,14,15,16)(H2,21,22,27)/t7-,9-,12-,13+/m1/s1. The molecular formula is C13H20N5O7PS. The van der Waals surface area contributed by atoms with Gasteiger partial charge in [-0.3, -0.25) is 9.09 Å². The van der Waals surface area contributed by atoms with E-state index < -0.39 is 37.0 Å². The highest BCUT2D eigenvalue weighted by atomic mass is 32.5. The summed E-state index contributed by atoms with van der Waals surface area (Å²) in [6.45, 7) is -3.15. The van der Waals surface area contributed by atoms with Gasteiger partial charge in [0.2, 0.25) is 11.5 Å². The van der Waals surface area contributed by atoms with Crippen molar-refractivity contribution in [3.05, 3.63) is 12.7 Å². The van der Waals surface area contributed by atoms with E-state index in [2.05, 4.69) is 26.8 Å². The second-order valence-electron chi connectivity index (χ2n) is 5.94. The lowest BCUT2D eigenvalue weighted by molar-refractivity contribution is -0.311. The SMILES string of the molecule is CC[C@@]1(n2cnc3c(N)ncnc32)O[C@H](CO)[C@@H](OP(O)(O)=S)[C@]1(O)OC. The van der Waals surface area contributed by atoms with E-state index in [1.54, 1.807) is 6.92 Å². The molecule has 150 valence electrons. The normalized spacial score (nSPS) is 31.6. The van der Waals surface area contributed by atoms with Crippen LogP contribution in [-0.4, -0.2) is 71.2 Å². The van der Waals surface area contributed by atoms with Crippen molar-refractivity contribution >= 4 is 35.5 Å². The van der Waals surface area contributed by atoms with Crippen molar-refractivity contribution in [1.29, 1.82) is 0 Å². The first kappa shape index (κ1) is 20.5. The molecule has 6 N–H and O–H groups in total. The molecule has 0 aromatic carbocycles. The van der Waals surface area contributed by atoms with E-state index in [0.29, 0.717) is 0 Å². The van der Waals surface area contributed by atoms with Gasteiger partial charge in [0, 0.05) is 7.11 Å². The van der Waals surface area contributed by atoms with Gasteiger partial charge in [0.25, 0.3) is 0 Å². The molecule has 3 rings (SSSR count). The van der Waals surface area contributed by atoms with Crippen molar-refractivity contribution in [2.24, 2.45) is 0 Å². The molecule has 1 aliphatic heterocycles. The van der Waals surface area contributed by atoms with Crippen molar-refractivity contribution < 1.29 is 34.0 Å². The van der Waals surface area contributed by atoms with E-state index in [1.165, 1.54) is 24.3 Å². The van der Waals surface area contributed by atoms with Crippen LogP contribution in [-0.2, 0) is 31.5 Å². The summed E-state index contributed by atoms with van der Waals surface area (Å²) in [5.41, 5.74) is 4.63. The highest BCUT2D eigenvalue weighted by Crippen LogP contribution is 2.53. The molecule has 0 radical (unpaired) electrons. The summed E-state index contributed by atoms with van der Waals surface area (Å²) in [4.78, 5) is 31.4. The van der Waals surface area contributed by atoms with Crippen molar-refractivity contribution in [2.75, 3.05) is 19.5 Å². The molecule has 0 aliphatic carbocycles. The maximum absolute atomic E-state index is 11.4. The number of hydrogen-bond donors (Lipinski definition) is 5. The quantitative estimate of drug-likeness (QED) is 0.278. The van der Waals surface area contributed by atoms with Crippen LogP contribution in [0, 0.1) is 0 Å². The third kappa shape index (κ3) is 3.05. The van der Waals surface area contributed by atoms with E-state index in [0.717, 1.165) is 0 Å². The van der Waals surface area contributed by atoms with Crippen molar-refractivity contribution in [3.8, 4) is 0 Å². The van der Waals surface area contributed by atoms with Gasteiger partial charge in [-0.25, -0.2) is 15.0 Å². The highest BCUT2D eigenvalue weighted by molar-refractivity contribution is 8.06. The number of nitrogens with two attached hydrogens (primary N) is 1. The summed E-state index contributed by atoms with van der Waals surface area (Å²) >= 11 is 4.52. The molecule has 14 heteroatoms. The topological polar surface area (TPSA) is 178 Å². The Hall–Kier alpha value is -1.28. The number of nitrogens with zero attached hydrogens (tertiary/aromatic N) is 4. The van der Waals surface area contributed by atoms with Crippen LogP contribution in [0.15, 0.2) is 12.7 Å². The lowest BCUT2D eigenvalue weighted by Crippen LogP contribution is -2.59. The second-order valence-corrected chi connectivity index (χ2v) is 8.56. The van der Waals surface area contributed by atoms with Gasteiger partial charge in [0.1, 0.15) is 17.9 Å². The number of imidazole rings is 1. The van der Waals surface area contributed by atoms with Gasteiger partial charge in [0.15, 0.2) is 17.6 Å². The summed E-state index contributed by atoms with van der Waals surface area (Å²) in [7, 11) is 1.19. The molecule has 1 saturated heterocycles. The summed E-state index contributed by atoms with van der Waals surface area (Å²) in [6, 6.07) is 0. The minimum atomic E-state index is -4.23. The number of ether oxygens (including phenoxy) is 2. The Morgan fingerprint density at radius 3 is 2.67 bits per heavy atom. The van der Waals surface area contributed by atoms with Crippen LogP contribution in [0.1, 0.15) is 13.3 Å². The van der Waals surface area contributed by atoms with Crippen LogP contribution in [0.2, 0.25) is 0 Å². The first-order valence-electron chi connectivity index (χ1n) is 7.87. The van der Waals surface area contributed by atoms with Crippen LogP contribution in [0.4, 0.5) is 5.82 Å². The lowest BCUT2D eigenvalue weighted by Gasteiger charge is -2.41. The molecule has 1 fully saturated rings. The van der Waals surface area contributed by atoms with Crippen LogP contribution in [0.5, 0.6) is 0 Å². The summed E-state index contributed by atoms with van der Waals surface area (Å²) < 4.78 is 17.7. The minimum absolute atomic E-state index is 0.1000. The Morgan fingerprint density at radius 2 is 2.11 bits per heavy atom. The zero-order valence-electron chi connectivity index (χ0n) is 14.5. The van der Waals surface area contributed by atoms with E-state index in [4.69, 9.17) is 19.7 Å². The molecule has 27 heavy (non-hydrogen) atoms. The highest BCUT2D eigenvalue weighted by Gasteiger charge is 2.68. The van der Waals surface area contributed by atoms with Crippen molar-refractivity contribution in [3.63, 3.8) is 0 Å². The van der Waals surface area contributed by atoms with Crippen molar-refractivity contribution in [1.82, 2.24) is 19.5 Å². The van der Waals surface area contributed by atoms with Gasteiger partial charge < -0.3 is 35.2 Å². The number of aliphatic hydroxyl groups is 2. The largest absolute Gasteiger partial charge is 0.394 e. The predicted octanol–water partition coefficient (Wildman–Crippen LogP) is -1.21. The maximum atomic E-state index is 11.4. The monoisotopic (exact) mass is 421 g/mol. The zero-order valence-corrected chi connectivity index (χ0v) is 16.2. The smallest absolute Gasteiger partial charge is 0.322 e. The van der Waals surface area contributed by atoms with Gasteiger partial charge in [-0.15, -0.1) is 0 Å². The molecule has 0 bridgehead atoms. The average molecular weight is 421 g/mol. The minimum Gasteiger partial charge on any atom is -0.394 e. The Kier molecular flexibility index (Phi) is 5.27. The molecule has 0 unspecified atom stereocenters. The number of rotatable bonds is 6. The molecule has 1 aliphatic rings. The Bertz CT molecular complexity index is 893. The van der Waals surface area contributed by atoms with Crippen LogP contribution in [0.3, 0.4) is 0 Å². The molecule has 0 saturated carbocycles. The molecule has 0 spiro atoms. The fourth-order valence-electron chi connectivity index (χ4n) is 3.42. The lowest BCUT2D eigenvalue weighted by atomic mass is 9.95. The summed E-state index contributed by atoms with van der Waals surface area (Å²) in [6.07, 6.45) is -0.0479. The first-order valence-corrected chi connectivity index (χ1v) is 10.5. The number of aromatic nitrogens is 4. The maximum Gasteiger partial charge on any atom is 0.322 e. The van der Waals surface area contributed by atoms with E-state index in [-0.39, 0.29) is 23.4 Å². The fraction of sp³-hybridized carbons (Fsp3) is 0.615. The molecule has 12 nitrogen and oxygen atoms in total. The van der Waals surface area contributed by atoms with Crippen LogP contribution in [0.25, 0.3) is 11.2 Å². The van der Waals surface area contributed by atoms with Gasteiger partial charge in [-0.05, 0) is 18.2 Å². The van der Waals surface area contributed by atoms with Crippen LogP contribution >= 0.6 is 6.72 Å². The predicted molar refractivity (Wildman–Crippen MR) is 95.5 cm³/mol. The van der Waals surface area contributed by atoms with E-state index >= 15 is 0 Å².